The Bertz CT molecular complexity index is 1200. The Hall–Kier alpha value is -3.22. The molecule has 2 aliphatic rings. The Kier molecular flexibility index (Phi) is 6.58. The number of likely N-dealkylation sites (tertiary alicyclic amines) is 1. The lowest BCUT2D eigenvalue weighted by Crippen LogP contribution is -2.46. The molecule has 0 aromatic heterocycles. The van der Waals surface area contributed by atoms with E-state index in [9.17, 15) is 14.7 Å². The number of methoxy groups -OCH3 is 1. The molecule has 0 radical (unpaired) electrons. The molecule has 6 nitrogen and oxygen atoms in total. The molecule has 5 rings (SSSR count). The van der Waals surface area contributed by atoms with Crippen molar-refractivity contribution in [2.75, 3.05) is 33.3 Å². The summed E-state index contributed by atoms with van der Waals surface area (Å²) in [6.45, 7) is 3.02. The SMILES string of the molecule is COc1cccc(CC2(O)CCN(CCCCN3C(=O)c4cccc5cccc(c45)C3=O)CC2)c1. The van der Waals surface area contributed by atoms with Crippen LogP contribution in [0.25, 0.3) is 10.8 Å². The maximum atomic E-state index is 13.0. The maximum absolute atomic E-state index is 13.0. The van der Waals surface area contributed by atoms with Gasteiger partial charge in [0.2, 0.25) is 0 Å². The number of ether oxygens (including phenoxy) is 1. The third kappa shape index (κ3) is 4.81. The van der Waals surface area contributed by atoms with Crippen molar-refractivity contribution in [3.8, 4) is 5.75 Å². The fourth-order valence-corrected chi connectivity index (χ4v) is 5.42. The van der Waals surface area contributed by atoms with Crippen molar-refractivity contribution >= 4 is 22.6 Å². The van der Waals surface area contributed by atoms with Crippen molar-refractivity contribution in [1.82, 2.24) is 9.80 Å². The van der Waals surface area contributed by atoms with Gasteiger partial charge in [-0.3, -0.25) is 14.5 Å². The van der Waals surface area contributed by atoms with E-state index in [4.69, 9.17) is 4.74 Å². The largest absolute Gasteiger partial charge is 0.497 e. The number of piperidine rings is 1. The van der Waals surface area contributed by atoms with Crippen molar-refractivity contribution in [2.24, 2.45) is 0 Å². The molecule has 2 amide bonds. The predicted octanol–water partition coefficient (Wildman–Crippen LogP) is 4.29. The van der Waals surface area contributed by atoms with Gasteiger partial charge in [-0.15, -0.1) is 0 Å². The number of carbonyl (C=O) groups is 2. The molecule has 0 saturated carbocycles. The standard InChI is InChI=1S/C29H32N2O4/c1-35-23-10-4-7-21(19-23)20-29(34)13-17-30(18-14-29)15-2-3-16-31-27(32)24-11-5-8-22-9-6-12-25(26(22)24)28(31)33/h4-12,19,34H,2-3,13-18,20H2,1H3. The van der Waals surface area contributed by atoms with Gasteiger partial charge in [-0.25, -0.2) is 0 Å². The molecule has 0 aliphatic carbocycles. The molecule has 0 spiro atoms. The molecule has 2 aliphatic heterocycles. The summed E-state index contributed by atoms with van der Waals surface area (Å²) in [6, 6.07) is 19.2. The second-order valence-electron chi connectivity index (χ2n) is 9.77. The average molecular weight is 473 g/mol. The van der Waals surface area contributed by atoms with Crippen molar-refractivity contribution in [1.29, 1.82) is 0 Å². The first-order valence-corrected chi connectivity index (χ1v) is 12.4. The van der Waals surface area contributed by atoms with Crippen LogP contribution >= 0.6 is 0 Å². The molecule has 0 unspecified atom stereocenters. The zero-order chi connectivity index (χ0) is 24.4. The first-order chi connectivity index (χ1) is 17.0. The van der Waals surface area contributed by atoms with Crippen LogP contribution in [0.1, 0.15) is 52.0 Å². The van der Waals surface area contributed by atoms with E-state index in [1.54, 1.807) is 7.11 Å². The average Bonchev–Trinajstić information content (AvgIpc) is 2.88. The van der Waals surface area contributed by atoms with Gasteiger partial charge in [-0.1, -0.05) is 36.4 Å². The molecule has 6 heteroatoms. The number of benzene rings is 3. The van der Waals surface area contributed by atoms with Crippen LogP contribution in [0.5, 0.6) is 5.75 Å². The first kappa shape index (κ1) is 23.5. The Labute approximate surface area is 206 Å². The minimum Gasteiger partial charge on any atom is -0.497 e. The molecule has 35 heavy (non-hydrogen) atoms. The van der Waals surface area contributed by atoms with Gasteiger partial charge in [0.05, 0.1) is 12.7 Å². The van der Waals surface area contributed by atoms with E-state index in [0.717, 1.165) is 67.4 Å². The third-order valence-electron chi connectivity index (χ3n) is 7.42. The van der Waals surface area contributed by atoms with E-state index >= 15 is 0 Å². The topological polar surface area (TPSA) is 70.1 Å². The molecule has 3 aromatic rings. The van der Waals surface area contributed by atoms with Crippen molar-refractivity contribution in [3.63, 3.8) is 0 Å². The molecular weight excluding hydrogens is 440 g/mol. The summed E-state index contributed by atoms with van der Waals surface area (Å²) in [7, 11) is 1.66. The van der Waals surface area contributed by atoms with Crippen LogP contribution in [-0.4, -0.2) is 65.6 Å². The van der Waals surface area contributed by atoms with Crippen molar-refractivity contribution in [3.05, 3.63) is 77.4 Å². The number of carbonyl (C=O) groups excluding carboxylic acids is 2. The lowest BCUT2D eigenvalue weighted by Gasteiger charge is -2.38. The van der Waals surface area contributed by atoms with Crippen LogP contribution in [0.3, 0.4) is 0 Å². The van der Waals surface area contributed by atoms with Crippen LogP contribution < -0.4 is 4.74 Å². The Balaban J connectivity index is 1.11. The maximum Gasteiger partial charge on any atom is 0.261 e. The number of nitrogens with zero attached hydrogens (tertiary/aromatic N) is 2. The second kappa shape index (κ2) is 9.80. The summed E-state index contributed by atoms with van der Waals surface area (Å²) in [5, 5.41) is 12.8. The molecule has 1 fully saturated rings. The third-order valence-corrected chi connectivity index (χ3v) is 7.42. The van der Waals surface area contributed by atoms with Crippen LogP contribution in [0.2, 0.25) is 0 Å². The Morgan fingerprint density at radius 3 is 2.17 bits per heavy atom. The zero-order valence-corrected chi connectivity index (χ0v) is 20.2. The number of hydrogen-bond donors (Lipinski definition) is 1. The highest BCUT2D eigenvalue weighted by Gasteiger charge is 2.33. The zero-order valence-electron chi connectivity index (χ0n) is 20.2. The van der Waals surface area contributed by atoms with E-state index in [2.05, 4.69) is 4.90 Å². The molecule has 1 N–H and O–H groups in total. The number of hydrogen-bond acceptors (Lipinski definition) is 5. The van der Waals surface area contributed by atoms with Crippen LogP contribution in [0.15, 0.2) is 60.7 Å². The van der Waals surface area contributed by atoms with Crippen LogP contribution in [-0.2, 0) is 6.42 Å². The van der Waals surface area contributed by atoms with Gasteiger partial charge in [-0.05, 0) is 67.4 Å². The highest BCUT2D eigenvalue weighted by atomic mass is 16.5. The van der Waals surface area contributed by atoms with Gasteiger partial charge in [0, 0.05) is 42.6 Å². The predicted molar refractivity (Wildman–Crippen MR) is 136 cm³/mol. The minimum absolute atomic E-state index is 0.195. The van der Waals surface area contributed by atoms with Gasteiger partial charge >= 0.3 is 0 Å². The van der Waals surface area contributed by atoms with Crippen LogP contribution in [0, 0.1) is 0 Å². The number of aliphatic hydroxyl groups is 1. The van der Waals surface area contributed by atoms with Gasteiger partial charge in [0.15, 0.2) is 0 Å². The number of amides is 2. The van der Waals surface area contributed by atoms with Gasteiger partial charge < -0.3 is 14.7 Å². The summed E-state index contributed by atoms with van der Waals surface area (Å²) < 4.78 is 5.30. The molecule has 1 saturated heterocycles. The quantitative estimate of drug-likeness (QED) is 0.391. The van der Waals surface area contributed by atoms with Gasteiger partial charge in [0.25, 0.3) is 11.8 Å². The fourth-order valence-electron chi connectivity index (χ4n) is 5.42. The van der Waals surface area contributed by atoms with Crippen molar-refractivity contribution in [2.45, 2.75) is 37.7 Å². The normalized spacial score (nSPS) is 17.7. The minimum atomic E-state index is -0.691. The van der Waals surface area contributed by atoms with Crippen LogP contribution in [0.4, 0.5) is 0 Å². The molecule has 3 aromatic carbocycles. The smallest absolute Gasteiger partial charge is 0.261 e. The summed E-state index contributed by atoms with van der Waals surface area (Å²) in [5.41, 5.74) is 1.63. The summed E-state index contributed by atoms with van der Waals surface area (Å²) >= 11 is 0. The summed E-state index contributed by atoms with van der Waals surface area (Å²) in [4.78, 5) is 29.8. The van der Waals surface area contributed by atoms with Gasteiger partial charge in [-0.2, -0.15) is 0 Å². The van der Waals surface area contributed by atoms with E-state index in [1.807, 2.05) is 60.7 Å². The van der Waals surface area contributed by atoms with Gasteiger partial charge in [0.1, 0.15) is 5.75 Å². The lowest BCUT2D eigenvalue weighted by atomic mass is 9.85. The Morgan fingerprint density at radius 2 is 1.51 bits per heavy atom. The highest BCUT2D eigenvalue weighted by molar-refractivity contribution is 6.25. The fraction of sp³-hybridized carbons (Fsp3) is 0.379. The molecule has 182 valence electrons. The summed E-state index contributed by atoms with van der Waals surface area (Å²) in [6.07, 6.45) is 3.76. The molecular formula is C29H32N2O4. The van der Waals surface area contributed by atoms with E-state index in [0.29, 0.717) is 24.1 Å². The van der Waals surface area contributed by atoms with E-state index < -0.39 is 5.60 Å². The molecule has 0 bridgehead atoms. The monoisotopic (exact) mass is 472 g/mol. The number of rotatable bonds is 8. The summed E-state index contributed by atoms with van der Waals surface area (Å²) in [5.74, 6) is 0.425. The highest BCUT2D eigenvalue weighted by Crippen LogP contribution is 2.31. The van der Waals surface area contributed by atoms with Crippen molar-refractivity contribution < 1.29 is 19.4 Å². The Morgan fingerprint density at radius 1 is 0.886 bits per heavy atom. The first-order valence-electron chi connectivity index (χ1n) is 12.4. The molecule has 2 heterocycles. The van der Waals surface area contributed by atoms with E-state index in [-0.39, 0.29) is 11.8 Å². The number of imide groups is 1. The molecule has 0 atom stereocenters. The lowest BCUT2D eigenvalue weighted by molar-refractivity contribution is -0.0209. The number of unbranched alkanes of at least 4 members (excludes halogenated alkanes) is 1. The second-order valence-corrected chi connectivity index (χ2v) is 9.77. The van der Waals surface area contributed by atoms with E-state index in [1.165, 1.54) is 4.90 Å².